The number of ether oxygens (including phenoxy) is 1. The number of hydrogen-bond donors (Lipinski definition) is 0. The minimum absolute atomic E-state index is 0.567. The summed E-state index contributed by atoms with van der Waals surface area (Å²) in [4.78, 5) is 9.71. The van der Waals surface area contributed by atoms with E-state index in [-0.39, 0.29) is 0 Å². The quantitative estimate of drug-likeness (QED) is 0.499. The molecule has 0 aliphatic carbocycles. The largest absolute Gasteiger partial charge is 0.453 e. The predicted octanol–water partition coefficient (Wildman–Crippen LogP) is 2.06. The molecule has 3 heteroatoms. The maximum atomic E-state index is 9.71. The van der Waals surface area contributed by atoms with Gasteiger partial charge in [-0.15, -0.1) is 0 Å². The Kier molecular flexibility index (Phi) is 2.73. The third-order valence-electron chi connectivity index (χ3n) is 1.06. The van der Waals surface area contributed by atoms with Gasteiger partial charge >= 0.3 is 0 Å². The summed E-state index contributed by atoms with van der Waals surface area (Å²) in [5.74, 6) is 2.07. The molecule has 0 aliphatic heterocycles. The van der Waals surface area contributed by atoms with Crippen molar-refractivity contribution in [3.63, 3.8) is 0 Å². The van der Waals surface area contributed by atoms with Gasteiger partial charge in [-0.3, -0.25) is 0 Å². The first-order valence-electron chi connectivity index (χ1n) is 2.94. The molecule has 0 spiro atoms. The molecule has 0 N–H and O–H groups in total. The Morgan fingerprint density at radius 1 is 1.36 bits per heavy atom. The zero-order valence-corrected chi connectivity index (χ0v) is 6.34. The number of benzene rings is 1. The van der Waals surface area contributed by atoms with Gasteiger partial charge in [0.25, 0.3) is 0 Å². The fourth-order valence-electron chi connectivity index (χ4n) is 0.605. The van der Waals surface area contributed by atoms with Gasteiger partial charge < -0.3 is 4.74 Å². The normalized spacial score (nSPS) is 8.45. The van der Waals surface area contributed by atoms with E-state index in [0.717, 1.165) is 6.26 Å². The monoisotopic (exact) mass is 168 g/mol. The number of hydrogen-bond acceptors (Lipinski definition) is 2. The Balaban J connectivity index is 2.73. The molecule has 0 fully saturated rings. The number of halogens is 1. The molecule has 0 saturated carbocycles. The molecule has 11 heavy (non-hydrogen) atoms. The average molecular weight is 169 g/mol. The van der Waals surface area contributed by atoms with Crippen molar-refractivity contribution >= 4 is 17.5 Å². The van der Waals surface area contributed by atoms with E-state index in [2.05, 4.69) is 0 Å². The Morgan fingerprint density at radius 3 is 2.55 bits per heavy atom. The SMILES string of the molecule is O=C=COc1ccc(Cl)cc1. The second kappa shape index (κ2) is 3.81. The van der Waals surface area contributed by atoms with Crippen molar-refractivity contribution < 1.29 is 9.53 Å². The van der Waals surface area contributed by atoms with Crippen molar-refractivity contribution in [3.8, 4) is 5.75 Å². The highest BCUT2D eigenvalue weighted by Crippen LogP contribution is 2.15. The summed E-state index contributed by atoms with van der Waals surface area (Å²) in [5, 5.41) is 0.632. The standard InChI is InChI=1S/C8H5ClO2/c9-7-1-3-8(4-2-7)11-6-5-10/h1-4,6H. The predicted molar refractivity (Wildman–Crippen MR) is 42.3 cm³/mol. The fourth-order valence-corrected chi connectivity index (χ4v) is 0.731. The first kappa shape index (κ1) is 7.86. The maximum Gasteiger partial charge on any atom is 0.174 e. The Labute approximate surface area is 69.1 Å². The van der Waals surface area contributed by atoms with Crippen LogP contribution < -0.4 is 4.74 Å². The molecule has 56 valence electrons. The lowest BCUT2D eigenvalue weighted by atomic mass is 10.3. The average Bonchev–Trinajstić information content (AvgIpc) is 2.04. The molecule has 0 saturated heterocycles. The molecule has 1 rings (SSSR count). The van der Waals surface area contributed by atoms with Crippen LogP contribution in [0.25, 0.3) is 0 Å². The van der Waals surface area contributed by atoms with Crippen molar-refractivity contribution in [1.82, 2.24) is 0 Å². The lowest BCUT2D eigenvalue weighted by Gasteiger charge is -1.95. The van der Waals surface area contributed by atoms with E-state index in [0.29, 0.717) is 10.8 Å². The minimum atomic E-state index is 0.567. The Morgan fingerprint density at radius 2 is 2.00 bits per heavy atom. The number of rotatable bonds is 2. The van der Waals surface area contributed by atoms with Crippen molar-refractivity contribution in [2.24, 2.45) is 0 Å². The minimum Gasteiger partial charge on any atom is -0.453 e. The van der Waals surface area contributed by atoms with Gasteiger partial charge in [-0.2, -0.15) is 0 Å². The first-order valence-corrected chi connectivity index (χ1v) is 3.32. The Hall–Kier alpha value is -1.24. The highest BCUT2D eigenvalue weighted by atomic mass is 35.5. The smallest absolute Gasteiger partial charge is 0.174 e. The van der Waals surface area contributed by atoms with Gasteiger partial charge in [0.2, 0.25) is 0 Å². The van der Waals surface area contributed by atoms with Gasteiger partial charge in [0, 0.05) is 5.02 Å². The summed E-state index contributed by atoms with van der Waals surface area (Å²) in [6.45, 7) is 0. The van der Waals surface area contributed by atoms with E-state index in [4.69, 9.17) is 16.3 Å². The molecule has 0 radical (unpaired) electrons. The van der Waals surface area contributed by atoms with Crippen LogP contribution in [0, 0.1) is 0 Å². The van der Waals surface area contributed by atoms with Crippen molar-refractivity contribution in [2.45, 2.75) is 0 Å². The van der Waals surface area contributed by atoms with Crippen LogP contribution in [0.4, 0.5) is 0 Å². The van der Waals surface area contributed by atoms with Gasteiger partial charge in [-0.25, -0.2) is 4.79 Å². The van der Waals surface area contributed by atoms with Crippen LogP contribution >= 0.6 is 11.6 Å². The van der Waals surface area contributed by atoms with Gasteiger partial charge in [-0.1, -0.05) is 11.6 Å². The number of carbonyl (C=O) groups excluding carboxylic acids is 1. The topological polar surface area (TPSA) is 26.3 Å². The van der Waals surface area contributed by atoms with E-state index in [1.807, 2.05) is 0 Å². The van der Waals surface area contributed by atoms with Crippen LogP contribution in [0.2, 0.25) is 5.02 Å². The lowest BCUT2D eigenvalue weighted by Crippen LogP contribution is -1.80. The van der Waals surface area contributed by atoms with Gasteiger partial charge in [0.1, 0.15) is 5.75 Å². The molecule has 0 atom stereocenters. The molecule has 2 nitrogen and oxygen atoms in total. The third kappa shape index (κ3) is 2.46. The van der Waals surface area contributed by atoms with Crippen LogP contribution in [-0.2, 0) is 4.79 Å². The summed E-state index contributed by atoms with van der Waals surface area (Å²) >= 11 is 5.60. The third-order valence-corrected chi connectivity index (χ3v) is 1.31. The Bertz CT molecular complexity index is 273. The van der Waals surface area contributed by atoms with Crippen LogP contribution in [0.5, 0.6) is 5.75 Å². The molecule has 0 aliphatic rings. The molecule has 0 bridgehead atoms. The van der Waals surface area contributed by atoms with Crippen LogP contribution in [0.3, 0.4) is 0 Å². The van der Waals surface area contributed by atoms with Crippen LogP contribution in [0.15, 0.2) is 30.5 Å². The van der Waals surface area contributed by atoms with Gasteiger partial charge in [0.15, 0.2) is 12.2 Å². The molecule has 0 heterocycles. The van der Waals surface area contributed by atoms with Crippen molar-refractivity contribution in [1.29, 1.82) is 0 Å². The maximum absolute atomic E-state index is 9.71. The molecule has 0 aromatic heterocycles. The summed E-state index contributed by atoms with van der Waals surface area (Å²) in [6, 6.07) is 6.68. The van der Waals surface area contributed by atoms with Crippen molar-refractivity contribution in [3.05, 3.63) is 35.6 Å². The van der Waals surface area contributed by atoms with E-state index >= 15 is 0 Å². The molecule has 1 aromatic rings. The molecular weight excluding hydrogens is 164 g/mol. The second-order valence-corrected chi connectivity index (χ2v) is 2.24. The molecular formula is C8H5ClO2. The first-order chi connectivity index (χ1) is 5.33. The van der Waals surface area contributed by atoms with Gasteiger partial charge in [-0.05, 0) is 24.3 Å². The molecule has 1 aromatic carbocycles. The summed E-state index contributed by atoms with van der Waals surface area (Å²) in [7, 11) is 0. The summed E-state index contributed by atoms with van der Waals surface area (Å²) in [6.07, 6.45) is 0.948. The van der Waals surface area contributed by atoms with Crippen LogP contribution in [-0.4, -0.2) is 5.94 Å². The molecule has 0 amide bonds. The highest BCUT2D eigenvalue weighted by molar-refractivity contribution is 6.30. The second-order valence-electron chi connectivity index (χ2n) is 1.81. The van der Waals surface area contributed by atoms with Crippen LogP contribution in [0.1, 0.15) is 0 Å². The van der Waals surface area contributed by atoms with E-state index in [1.54, 1.807) is 24.3 Å². The van der Waals surface area contributed by atoms with E-state index in [1.165, 1.54) is 5.94 Å². The zero-order chi connectivity index (χ0) is 8.10. The zero-order valence-electron chi connectivity index (χ0n) is 5.58. The summed E-state index contributed by atoms with van der Waals surface area (Å²) < 4.78 is 4.80. The van der Waals surface area contributed by atoms with Gasteiger partial charge in [0.05, 0.1) is 0 Å². The van der Waals surface area contributed by atoms with E-state index in [9.17, 15) is 4.79 Å². The highest BCUT2D eigenvalue weighted by Gasteiger charge is 1.89. The van der Waals surface area contributed by atoms with E-state index < -0.39 is 0 Å². The lowest BCUT2D eigenvalue weighted by molar-refractivity contribution is 0.476. The van der Waals surface area contributed by atoms with Crippen molar-refractivity contribution in [2.75, 3.05) is 0 Å². The summed E-state index contributed by atoms with van der Waals surface area (Å²) in [5.41, 5.74) is 0. The molecule has 0 unspecified atom stereocenters. The fraction of sp³-hybridized carbons (Fsp3) is 0.